The van der Waals surface area contributed by atoms with Crippen LogP contribution in [0.15, 0.2) is 71.6 Å². The van der Waals surface area contributed by atoms with Crippen molar-refractivity contribution in [1.82, 2.24) is 0 Å². The van der Waals surface area contributed by atoms with Crippen molar-refractivity contribution in [1.29, 1.82) is 0 Å². The third-order valence-corrected chi connectivity index (χ3v) is 6.16. The van der Waals surface area contributed by atoms with Gasteiger partial charge in [-0.3, -0.25) is 4.72 Å². The topological polar surface area (TPSA) is 46.2 Å². The lowest BCUT2D eigenvalue weighted by Crippen LogP contribution is -2.16. The molecule has 0 heterocycles. The summed E-state index contributed by atoms with van der Waals surface area (Å²) in [6.07, 6.45) is 0.651. The zero-order valence-electron chi connectivity index (χ0n) is 14.7. The summed E-state index contributed by atoms with van der Waals surface area (Å²) < 4.78 is 28.6. The molecule has 134 valence electrons. The Morgan fingerprint density at radius 1 is 0.885 bits per heavy atom. The van der Waals surface area contributed by atoms with Crippen molar-refractivity contribution in [2.75, 3.05) is 4.72 Å². The van der Waals surface area contributed by atoms with Gasteiger partial charge in [-0.1, -0.05) is 60.1 Å². The number of rotatable bonds is 5. The maximum atomic E-state index is 12.9. The molecule has 0 aliphatic heterocycles. The van der Waals surface area contributed by atoms with Gasteiger partial charge in [-0.25, -0.2) is 8.42 Å². The second-order valence-electron chi connectivity index (χ2n) is 6.29. The van der Waals surface area contributed by atoms with Crippen LogP contribution in [0.5, 0.6) is 0 Å². The first-order valence-electron chi connectivity index (χ1n) is 8.28. The van der Waals surface area contributed by atoms with Crippen molar-refractivity contribution in [2.24, 2.45) is 0 Å². The molecule has 0 radical (unpaired) electrons. The Labute approximate surface area is 159 Å². The molecule has 3 aromatic rings. The van der Waals surface area contributed by atoms with Gasteiger partial charge in [-0.15, -0.1) is 0 Å². The summed E-state index contributed by atoms with van der Waals surface area (Å²) in [5, 5.41) is 0.561. The molecule has 1 N–H and O–H groups in total. The first-order chi connectivity index (χ1) is 12.4. The van der Waals surface area contributed by atoms with Gasteiger partial charge in [0.1, 0.15) is 0 Å². The molecular formula is C21H20ClNO2S. The highest BCUT2D eigenvalue weighted by atomic mass is 35.5. The van der Waals surface area contributed by atoms with Gasteiger partial charge in [0.15, 0.2) is 0 Å². The van der Waals surface area contributed by atoms with Crippen molar-refractivity contribution in [3.8, 4) is 0 Å². The fourth-order valence-electron chi connectivity index (χ4n) is 2.83. The van der Waals surface area contributed by atoms with E-state index in [0.29, 0.717) is 22.7 Å². The Kier molecular flexibility index (Phi) is 5.35. The Morgan fingerprint density at radius 2 is 1.54 bits per heavy atom. The molecule has 0 aromatic heterocycles. The summed E-state index contributed by atoms with van der Waals surface area (Å²) in [6, 6.07) is 20.7. The van der Waals surface area contributed by atoms with Gasteiger partial charge in [0.05, 0.1) is 10.6 Å². The molecule has 3 aromatic carbocycles. The van der Waals surface area contributed by atoms with Crippen molar-refractivity contribution < 1.29 is 8.42 Å². The first-order valence-corrected chi connectivity index (χ1v) is 10.1. The lowest BCUT2D eigenvalue weighted by molar-refractivity contribution is 0.600. The molecule has 5 heteroatoms. The largest absolute Gasteiger partial charge is 0.279 e. The number of anilines is 1. The lowest BCUT2D eigenvalue weighted by Gasteiger charge is -2.15. The van der Waals surface area contributed by atoms with Crippen LogP contribution in [-0.2, 0) is 16.4 Å². The van der Waals surface area contributed by atoms with Crippen LogP contribution in [0.1, 0.15) is 22.3 Å². The van der Waals surface area contributed by atoms with Crippen molar-refractivity contribution in [3.05, 3.63) is 94.0 Å². The van der Waals surface area contributed by atoms with Crippen molar-refractivity contribution in [2.45, 2.75) is 25.2 Å². The Bertz CT molecular complexity index is 1030. The quantitative estimate of drug-likeness (QED) is 0.643. The van der Waals surface area contributed by atoms with Gasteiger partial charge in [0, 0.05) is 5.02 Å². The van der Waals surface area contributed by atoms with E-state index >= 15 is 0 Å². The number of hydrogen-bond acceptors (Lipinski definition) is 2. The molecular weight excluding hydrogens is 366 g/mol. The molecule has 0 bridgehead atoms. The summed E-state index contributed by atoms with van der Waals surface area (Å²) >= 11 is 6.10. The third-order valence-electron chi connectivity index (χ3n) is 4.24. The van der Waals surface area contributed by atoms with Gasteiger partial charge >= 0.3 is 0 Å². The van der Waals surface area contributed by atoms with Crippen LogP contribution in [0.2, 0.25) is 5.02 Å². The van der Waals surface area contributed by atoms with E-state index in [9.17, 15) is 8.42 Å². The van der Waals surface area contributed by atoms with Crippen LogP contribution in [0.4, 0.5) is 5.69 Å². The predicted molar refractivity (Wildman–Crippen MR) is 107 cm³/mol. The van der Waals surface area contributed by atoms with Crippen LogP contribution in [-0.4, -0.2) is 8.42 Å². The number of nitrogens with one attached hydrogen (secondary N) is 1. The van der Waals surface area contributed by atoms with Gasteiger partial charge in [-0.2, -0.15) is 0 Å². The van der Waals surface area contributed by atoms with E-state index in [1.54, 1.807) is 32.0 Å². The number of hydrogen-bond donors (Lipinski definition) is 1. The second-order valence-corrected chi connectivity index (χ2v) is 8.35. The van der Waals surface area contributed by atoms with Gasteiger partial charge in [0.25, 0.3) is 10.0 Å². The molecule has 3 nitrogen and oxygen atoms in total. The van der Waals surface area contributed by atoms with Crippen molar-refractivity contribution in [3.63, 3.8) is 0 Å². The summed E-state index contributed by atoms with van der Waals surface area (Å²) in [6.45, 7) is 3.54. The van der Waals surface area contributed by atoms with Gasteiger partial charge in [-0.05, 0) is 60.7 Å². The van der Waals surface area contributed by atoms with Crippen molar-refractivity contribution >= 4 is 27.3 Å². The number of para-hydroxylation sites is 1. The average Bonchev–Trinajstić information content (AvgIpc) is 2.60. The molecule has 0 unspecified atom stereocenters. The average molecular weight is 386 g/mol. The number of aryl methyl sites for hydroxylation is 2. The minimum atomic E-state index is -3.71. The highest BCUT2D eigenvalue weighted by Gasteiger charge is 2.19. The first kappa shape index (κ1) is 18.5. The van der Waals surface area contributed by atoms with E-state index in [2.05, 4.69) is 4.72 Å². The van der Waals surface area contributed by atoms with Crippen LogP contribution in [0.25, 0.3) is 0 Å². The van der Waals surface area contributed by atoms with Crippen LogP contribution >= 0.6 is 11.6 Å². The van der Waals surface area contributed by atoms with Crippen LogP contribution in [0, 0.1) is 13.8 Å². The molecule has 0 saturated carbocycles. The Balaban J connectivity index is 1.95. The molecule has 0 aliphatic rings. The molecule has 0 fully saturated rings. The van der Waals surface area contributed by atoms with E-state index in [0.717, 1.165) is 16.7 Å². The van der Waals surface area contributed by atoms with Crippen LogP contribution in [0.3, 0.4) is 0 Å². The van der Waals surface area contributed by atoms with E-state index in [1.807, 2.05) is 48.5 Å². The third kappa shape index (κ3) is 4.09. The fraction of sp³-hybridized carbons (Fsp3) is 0.143. The molecule has 0 aliphatic carbocycles. The zero-order valence-corrected chi connectivity index (χ0v) is 16.2. The normalized spacial score (nSPS) is 11.3. The minimum Gasteiger partial charge on any atom is -0.279 e. The summed E-state index contributed by atoms with van der Waals surface area (Å²) in [4.78, 5) is 0.244. The molecule has 0 saturated heterocycles. The highest BCUT2D eigenvalue weighted by Crippen LogP contribution is 2.27. The van der Waals surface area contributed by atoms with E-state index in [4.69, 9.17) is 11.6 Å². The molecule has 26 heavy (non-hydrogen) atoms. The van der Waals surface area contributed by atoms with E-state index < -0.39 is 10.0 Å². The van der Waals surface area contributed by atoms with Gasteiger partial charge < -0.3 is 0 Å². The number of benzene rings is 3. The van der Waals surface area contributed by atoms with E-state index in [-0.39, 0.29) is 4.90 Å². The Morgan fingerprint density at radius 3 is 2.27 bits per heavy atom. The second kappa shape index (κ2) is 7.52. The van der Waals surface area contributed by atoms with Gasteiger partial charge in [0.2, 0.25) is 0 Å². The monoisotopic (exact) mass is 385 g/mol. The predicted octanol–water partition coefficient (Wildman–Crippen LogP) is 5.35. The summed E-state index contributed by atoms with van der Waals surface area (Å²) in [5.74, 6) is 0. The maximum absolute atomic E-state index is 12.9. The number of sulfonamides is 1. The fourth-order valence-corrected chi connectivity index (χ4v) is 4.47. The molecule has 0 amide bonds. The SMILES string of the molecule is Cc1cc(S(=O)(=O)Nc2ccccc2Cc2ccccc2)c(C)cc1Cl. The standard InChI is InChI=1S/C21H20ClNO2S/c1-15-13-21(16(2)12-19(15)22)26(24,25)23-20-11-7-6-10-18(20)14-17-8-4-3-5-9-17/h3-13,23H,14H2,1-2H3. The smallest absolute Gasteiger partial charge is 0.262 e. The molecule has 0 spiro atoms. The zero-order chi connectivity index (χ0) is 18.7. The minimum absolute atomic E-state index is 0.244. The van der Waals surface area contributed by atoms with E-state index in [1.165, 1.54) is 0 Å². The molecule has 0 atom stereocenters. The maximum Gasteiger partial charge on any atom is 0.262 e. The van der Waals surface area contributed by atoms with Crippen LogP contribution < -0.4 is 4.72 Å². The molecule has 3 rings (SSSR count). The lowest BCUT2D eigenvalue weighted by atomic mass is 10.0. The summed E-state index contributed by atoms with van der Waals surface area (Å²) in [7, 11) is -3.71. The Hall–Kier alpha value is -2.30. The summed E-state index contributed by atoms with van der Waals surface area (Å²) in [5.41, 5.74) is 3.98. The number of halogens is 1. The highest BCUT2D eigenvalue weighted by molar-refractivity contribution is 7.92.